The van der Waals surface area contributed by atoms with Gasteiger partial charge in [0.25, 0.3) is 0 Å². The first-order chi connectivity index (χ1) is 11.4. The first-order valence-corrected chi connectivity index (χ1v) is 9.12. The third-order valence-electron chi connectivity index (χ3n) is 4.29. The molecule has 0 aliphatic heterocycles. The molecule has 3 rings (SSSR count). The Morgan fingerprint density at radius 3 is 2.96 bits per heavy atom. The van der Waals surface area contributed by atoms with E-state index in [1.807, 2.05) is 4.57 Å². The molecule has 1 saturated carbocycles. The van der Waals surface area contributed by atoms with Crippen molar-refractivity contribution >= 4 is 24.9 Å². The summed E-state index contributed by atoms with van der Waals surface area (Å²) in [6.07, 6.45) is 3.85. The monoisotopic (exact) mass is 357 g/mol. The molecule has 2 heterocycles. The number of anilines is 1. The van der Waals surface area contributed by atoms with Crippen LogP contribution in [0.4, 0.5) is 5.95 Å². The lowest BCUT2D eigenvalue weighted by Gasteiger charge is -2.44. The number of hydrogen-bond acceptors (Lipinski definition) is 8. The molecule has 1 aliphatic rings. The number of imidazole rings is 1. The van der Waals surface area contributed by atoms with Crippen molar-refractivity contribution in [2.24, 2.45) is 11.8 Å². The average molecular weight is 357 g/mol. The van der Waals surface area contributed by atoms with Crippen LogP contribution in [0.3, 0.4) is 0 Å². The van der Waals surface area contributed by atoms with E-state index in [9.17, 15) is 14.6 Å². The average Bonchev–Trinajstić information content (AvgIpc) is 2.89. The Labute approximate surface area is 138 Å². The van der Waals surface area contributed by atoms with E-state index >= 15 is 0 Å². The molecule has 0 spiro atoms. The zero-order chi connectivity index (χ0) is 17.3. The number of fused-ring (bicyclic) bond motifs is 1. The van der Waals surface area contributed by atoms with E-state index in [0.717, 1.165) is 0 Å². The summed E-state index contributed by atoms with van der Waals surface area (Å²) in [4.78, 5) is 21.8. The molecule has 0 saturated heterocycles. The lowest BCUT2D eigenvalue weighted by atomic mass is 9.70. The Bertz CT molecular complexity index is 768. The first-order valence-electron chi connectivity index (χ1n) is 7.63. The molecule has 0 bridgehead atoms. The number of aromatic nitrogens is 4. The molecule has 0 aromatic carbocycles. The van der Waals surface area contributed by atoms with Crippen molar-refractivity contribution in [3.8, 4) is 0 Å². The van der Waals surface area contributed by atoms with Crippen LogP contribution in [0.1, 0.15) is 19.4 Å². The van der Waals surface area contributed by atoms with Crippen LogP contribution in [0.15, 0.2) is 12.5 Å². The highest BCUT2D eigenvalue weighted by Crippen LogP contribution is 2.49. The molecule has 1 aliphatic carbocycles. The summed E-state index contributed by atoms with van der Waals surface area (Å²) in [7, 11) is -4.03. The summed E-state index contributed by atoms with van der Waals surface area (Å²) in [5.74, 6) is -0.0419. The number of phosphoric acid groups is 1. The number of phosphoric ester groups is 1. The fraction of sp³-hybridized carbons (Fsp3) is 0.615. The van der Waals surface area contributed by atoms with Crippen LogP contribution >= 0.6 is 7.82 Å². The lowest BCUT2D eigenvalue weighted by Crippen LogP contribution is -2.42. The third kappa shape index (κ3) is 3.28. The van der Waals surface area contributed by atoms with Gasteiger partial charge in [-0.15, -0.1) is 0 Å². The van der Waals surface area contributed by atoms with Gasteiger partial charge in [0.15, 0.2) is 5.65 Å². The van der Waals surface area contributed by atoms with Gasteiger partial charge in [-0.05, 0) is 19.3 Å². The second-order valence-electron chi connectivity index (χ2n) is 5.68. The maximum Gasteiger partial charge on any atom is 0.472 e. The van der Waals surface area contributed by atoms with E-state index in [0.29, 0.717) is 17.6 Å². The summed E-state index contributed by atoms with van der Waals surface area (Å²) in [5, 5.41) is 9.68. The van der Waals surface area contributed by atoms with E-state index in [1.54, 1.807) is 19.4 Å². The molecule has 1 fully saturated rings. The number of rotatable bonds is 7. The predicted octanol–water partition coefficient (Wildman–Crippen LogP) is 0.731. The van der Waals surface area contributed by atoms with Gasteiger partial charge in [0, 0.05) is 18.6 Å². The maximum atomic E-state index is 11.6. The molecule has 132 valence electrons. The van der Waals surface area contributed by atoms with E-state index in [-0.39, 0.29) is 43.6 Å². The molecule has 4 atom stereocenters. The van der Waals surface area contributed by atoms with Crippen LogP contribution < -0.4 is 5.73 Å². The molecular formula is C13H20N5O5P. The smallest absolute Gasteiger partial charge is 0.396 e. The van der Waals surface area contributed by atoms with Gasteiger partial charge < -0.3 is 20.3 Å². The summed E-state index contributed by atoms with van der Waals surface area (Å²) in [6.45, 7) is 1.66. The molecule has 0 amide bonds. The minimum absolute atomic E-state index is 0.0342. The molecule has 24 heavy (non-hydrogen) atoms. The molecule has 1 unspecified atom stereocenters. The van der Waals surface area contributed by atoms with Gasteiger partial charge in [-0.1, -0.05) is 0 Å². The molecule has 11 heteroatoms. The molecule has 2 aromatic heterocycles. The van der Waals surface area contributed by atoms with Gasteiger partial charge in [0.05, 0.1) is 25.7 Å². The van der Waals surface area contributed by atoms with Crippen molar-refractivity contribution in [1.29, 1.82) is 0 Å². The van der Waals surface area contributed by atoms with Gasteiger partial charge in [0.1, 0.15) is 5.52 Å². The second kappa shape index (κ2) is 6.73. The van der Waals surface area contributed by atoms with Crippen LogP contribution in [-0.4, -0.2) is 49.3 Å². The Morgan fingerprint density at radius 1 is 1.46 bits per heavy atom. The first kappa shape index (κ1) is 17.2. The number of aliphatic hydroxyl groups excluding tert-OH is 1. The van der Waals surface area contributed by atoms with Crippen molar-refractivity contribution in [3.05, 3.63) is 12.5 Å². The van der Waals surface area contributed by atoms with Crippen LogP contribution in [0.5, 0.6) is 0 Å². The fourth-order valence-corrected chi connectivity index (χ4v) is 3.81. The van der Waals surface area contributed by atoms with Gasteiger partial charge >= 0.3 is 7.82 Å². The van der Waals surface area contributed by atoms with Crippen LogP contribution in [0.2, 0.25) is 0 Å². The molecule has 0 radical (unpaired) electrons. The molecule has 2 aromatic rings. The van der Waals surface area contributed by atoms with Gasteiger partial charge in [-0.2, -0.15) is 4.98 Å². The fourth-order valence-electron chi connectivity index (χ4n) is 3.03. The predicted molar refractivity (Wildman–Crippen MR) is 84.9 cm³/mol. The van der Waals surface area contributed by atoms with Crippen molar-refractivity contribution < 1.29 is 23.6 Å². The topological polar surface area (TPSA) is 146 Å². The Kier molecular flexibility index (Phi) is 4.84. The van der Waals surface area contributed by atoms with Crippen molar-refractivity contribution in [2.45, 2.75) is 19.4 Å². The van der Waals surface area contributed by atoms with Gasteiger partial charge in [-0.3, -0.25) is 9.05 Å². The number of nitrogen functional groups attached to an aromatic ring is 1. The van der Waals surface area contributed by atoms with Gasteiger partial charge in [0.2, 0.25) is 5.95 Å². The summed E-state index contributed by atoms with van der Waals surface area (Å²) >= 11 is 0. The quantitative estimate of drug-likeness (QED) is 0.610. The van der Waals surface area contributed by atoms with Crippen molar-refractivity contribution in [1.82, 2.24) is 19.5 Å². The van der Waals surface area contributed by atoms with Crippen LogP contribution in [-0.2, 0) is 13.6 Å². The molecule has 10 nitrogen and oxygen atoms in total. The highest BCUT2D eigenvalue weighted by molar-refractivity contribution is 7.47. The Morgan fingerprint density at radius 2 is 2.25 bits per heavy atom. The highest BCUT2D eigenvalue weighted by atomic mass is 31.2. The Balaban J connectivity index is 1.70. The van der Waals surface area contributed by atoms with E-state index in [1.165, 1.54) is 0 Å². The molecule has 4 N–H and O–H groups in total. The minimum atomic E-state index is -4.03. The van der Waals surface area contributed by atoms with Gasteiger partial charge in [-0.25, -0.2) is 14.5 Å². The van der Waals surface area contributed by atoms with Crippen LogP contribution in [0, 0.1) is 11.8 Å². The van der Waals surface area contributed by atoms with Crippen LogP contribution in [0.25, 0.3) is 11.2 Å². The number of aliphatic hydroxyl groups is 1. The molecular weight excluding hydrogens is 337 g/mol. The normalized spacial score (nSPS) is 26.2. The Hall–Kier alpha value is -1.58. The third-order valence-corrected chi connectivity index (χ3v) is 5.35. The number of hydrogen-bond donors (Lipinski definition) is 3. The number of nitrogens with zero attached hydrogens (tertiary/aromatic N) is 4. The zero-order valence-corrected chi connectivity index (χ0v) is 14.0. The van der Waals surface area contributed by atoms with E-state index < -0.39 is 7.82 Å². The second-order valence-corrected chi connectivity index (χ2v) is 7.13. The zero-order valence-electron chi connectivity index (χ0n) is 13.1. The minimum Gasteiger partial charge on any atom is -0.396 e. The summed E-state index contributed by atoms with van der Waals surface area (Å²) in [5.41, 5.74) is 6.85. The SMILES string of the molecule is CCOP(=O)(O)OC[C@H]1C[C@@H](n2cnc3cnc(N)nc32)[C@H]1CO. The lowest BCUT2D eigenvalue weighted by molar-refractivity contribution is -0.00773. The van der Waals surface area contributed by atoms with Crippen molar-refractivity contribution in [3.63, 3.8) is 0 Å². The largest absolute Gasteiger partial charge is 0.472 e. The van der Waals surface area contributed by atoms with E-state index in [4.69, 9.17) is 10.3 Å². The summed E-state index contributed by atoms with van der Waals surface area (Å²) < 4.78 is 23.1. The highest BCUT2D eigenvalue weighted by Gasteiger charge is 2.43. The number of nitrogens with two attached hydrogens (primary N) is 1. The standard InChI is InChI=1S/C13H20N5O5P/c1-2-22-24(20,21)23-6-8-3-11(9(8)5-19)18-7-16-10-4-15-13(14)17-12(10)18/h4,7-9,11,19H,2-3,5-6H2,1H3,(H,20,21)(H2,14,15,17)/t8-,9+,11-/m1/s1. The summed E-state index contributed by atoms with van der Waals surface area (Å²) in [6, 6.07) is -0.0342. The maximum absolute atomic E-state index is 11.6. The van der Waals surface area contributed by atoms with Crippen molar-refractivity contribution in [2.75, 3.05) is 25.6 Å². The van der Waals surface area contributed by atoms with E-state index in [2.05, 4.69) is 19.5 Å².